The van der Waals surface area contributed by atoms with Gasteiger partial charge in [-0.15, -0.1) is 0 Å². The Labute approximate surface area is 182 Å². The lowest BCUT2D eigenvalue weighted by atomic mass is 10.2. The molecule has 3 aromatic carbocycles. The molecule has 0 atom stereocenters. The van der Waals surface area contributed by atoms with Crippen molar-refractivity contribution >= 4 is 40.0 Å². The Kier molecular flexibility index (Phi) is 5.78. The Hall–Kier alpha value is -3.92. The van der Waals surface area contributed by atoms with Crippen molar-refractivity contribution < 1.29 is 27.1 Å². The predicted octanol–water partition coefficient (Wildman–Crippen LogP) is 6.28. The Morgan fingerprint density at radius 1 is 0.844 bits per heavy atom. The predicted molar refractivity (Wildman–Crippen MR) is 110 cm³/mol. The molecular weight excluding hydrogens is 452 g/mol. The maximum absolute atomic E-state index is 14.5. The van der Waals surface area contributed by atoms with E-state index in [4.69, 9.17) is 16.3 Å². The van der Waals surface area contributed by atoms with Gasteiger partial charge in [-0.05, 0) is 30.3 Å². The Bertz CT molecular complexity index is 1350. The topological polar surface area (TPSA) is 76.1 Å². The molecule has 32 heavy (non-hydrogen) atoms. The van der Waals surface area contributed by atoms with Crippen LogP contribution in [0.2, 0.25) is 5.02 Å². The van der Waals surface area contributed by atoms with E-state index < -0.39 is 40.7 Å². The number of rotatable bonds is 4. The van der Waals surface area contributed by atoms with E-state index in [1.807, 2.05) is 5.32 Å². The van der Waals surface area contributed by atoms with Crippen molar-refractivity contribution in [3.63, 3.8) is 0 Å². The van der Waals surface area contributed by atoms with Gasteiger partial charge in [-0.1, -0.05) is 11.6 Å². The summed E-state index contributed by atoms with van der Waals surface area (Å²) >= 11 is 5.55. The van der Waals surface area contributed by atoms with E-state index in [1.165, 1.54) is 42.7 Å². The molecule has 0 saturated carbocycles. The monoisotopic (exact) mass is 462 g/mol. The van der Waals surface area contributed by atoms with E-state index in [0.29, 0.717) is 17.1 Å². The highest BCUT2D eigenvalue weighted by molar-refractivity contribution is 6.30. The molecule has 0 aliphatic carbocycles. The third-order valence-corrected chi connectivity index (χ3v) is 4.51. The molecule has 0 aliphatic rings. The average molecular weight is 463 g/mol. The largest absolute Gasteiger partial charge is 0.451 e. The molecule has 0 fully saturated rings. The summed E-state index contributed by atoms with van der Waals surface area (Å²) in [5.74, 6) is -6.28. The molecule has 1 aromatic heterocycles. The lowest BCUT2D eigenvalue weighted by Gasteiger charge is -2.13. The number of fused-ring (bicyclic) bond motifs is 1. The van der Waals surface area contributed by atoms with Gasteiger partial charge in [0.15, 0.2) is 11.6 Å². The number of benzene rings is 3. The average Bonchev–Trinajstić information content (AvgIpc) is 2.77. The van der Waals surface area contributed by atoms with Crippen LogP contribution >= 0.6 is 11.6 Å². The van der Waals surface area contributed by atoms with E-state index in [0.717, 1.165) is 6.07 Å². The highest BCUT2D eigenvalue weighted by atomic mass is 35.5. The van der Waals surface area contributed by atoms with Gasteiger partial charge in [0.25, 0.3) is 0 Å². The van der Waals surface area contributed by atoms with Crippen LogP contribution in [0, 0.1) is 23.3 Å². The molecule has 0 unspecified atom stereocenters. The minimum absolute atomic E-state index is 0.00147. The third-order valence-electron chi connectivity index (χ3n) is 4.20. The van der Waals surface area contributed by atoms with Gasteiger partial charge in [-0.3, -0.25) is 9.97 Å². The lowest BCUT2D eigenvalue weighted by molar-refractivity contribution is 0.262. The molecule has 162 valence electrons. The van der Waals surface area contributed by atoms with Gasteiger partial charge in [0.2, 0.25) is 11.6 Å². The molecule has 4 rings (SSSR count). The molecule has 0 saturated heterocycles. The number of ether oxygens (including phenoxy) is 1. The maximum atomic E-state index is 14.5. The molecule has 11 heteroatoms. The van der Waals surface area contributed by atoms with E-state index in [-0.39, 0.29) is 16.5 Å². The van der Waals surface area contributed by atoms with E-state index >= 15 is 0 Å². The van der Waals surface area contributed by atoms with Crippen molar-refractivity contribution in [2.45, 2.75) is 0 Å². The van der Waals surface area contributed by atoms with Crippen molar-refractivity contribution in [3.8, 4) is 11.5 Å². The molecule has 6 nitrogen and oxygen atoms in total. The number of halogens is 5. The van der Waals surface area contributed by atoms with Gasteiger partial charge in [0.05, 0.1) is 21.7 Å². The van der Waals surface area contributed by atoms with Crippen molar-refractivity contribution in [3.05, 3.63) is 83.1 Å². The molecular formula is C21H11ClF4N4O2. The van der Waals surface area contributed by atoms with Crippen LogP contribution in [0.1, 0.15) is 0 Å². The Morgan fingerprint density at radius 3 is 2.34 bits per heavy atom. The number of hydrogen-bond donors (Lipinski definition) is 2. The second kappa shape index (κ2) is 8.67. The number of amides is 2. The van der Waals surface area contributed by atoms with Gasteiger partial charge in [-0.2, -0.15) is 4.39 Å². The van der Waals surface area contributed by atoms with Crippen molar-refractivity contribution in [2.24, 2.45) is 0 Å². The standard InChI is InChI=1S/C21H11ClF4N4O2/c22-12-3-1-10(7-13(12)23)29-21(31)30-17-9-14(24)20(19(26)18(17)25)32-11-2-4-15-16(8-11)28-6-5-27-15/h1-9H,(H2,29,30,31). The van der Waals surface area contributed by atoms with E-state index in [1.54, 1.807) is 0 Å². The highest BCUT2D eigenvalue weighted by Crippen LogP contribution is 2.33. The summed E-state index contributed by atoms with van der Waals surface area (Å²) in [6.07, 6.45) is 2.90. The van der Waals surface area contributed by atoms with E-state index in [2.05, 4.69) is 15.3 Å². The fourth-order valence-corrected chi connectivity index (χ4v) is 2.86. The normalized spacial score (nSPS) is 10.8. The highest BCUT2D eigenvalue weighted by Gasteiger charge is 2.22. The molecule has 4 aromatic rings. The number of anilines is 2. The van der Waals surface area contributed by atoms with Crippen LogP contribution in [0.25, 0.3) is 11.0 Å². The zero-order chi connectivity index (χ0) is 22.8. The Balaban J connectivity index is 1.54. The van der Waals surface area contributed by atoms with Gasteiger partial charge in [0, 0.05) is 30.2 Å². The molecule has 2 amide bonds. The number of carbonyl (C=O) groups excluding carboxylic acids is 1. The van der Waals surface area contributed by atoms with Crippen LogP contribution in [-0.2, 0) is 0 Å². The first-order valence-electron chi connectivity index (χ1n) is 8.91. The zero-order valence-electron chi connectivity index (χ0n) is 15.8. The molecule has 1 heterocycles. The smallest absolute Gasteiger partial charge is 0.323 e. The third kappa shape index (κ3) is 4.40. The number of carbonyl (C=O) groups is 1. The van der Waals surface area contributed by atoms with Gasteiger partial charge >= 0.3 is 6.03 Å². The van der Waals surface area contributed by atoms with Crippen LogP contribution in [0.3, 0.4) is 0 Å². The summed E-state index contributed by atoms with van der Waals surface area (Å²) in [6.45, 7) is 0. The van der Waals surface area contributed by atoms with Crippen LogP contribution < -0.4 is 15.4 Å². The Morgan fingerprint density at radius 2 is 1.59 bits per heavy atom. The summed E-state index contributed by atoms with van der Waals surface area (Å²) < 4.78 is 62.0. The van der Waals surface area contributed by atoms with Gasteiger partial charge in [0.1, 0.15) is 11.6 Å². The quantitative estimate of drug-likeness (QED) is 0.276. The van der Waals surface area contributed by atoms with Gasteiger partial charge < -0.3 is 15.4 Å². The number of urea groups is 1. The first-order valence-corrected chi connectivity index (χ1v) is 9.29. The number of nitrogens with one attached hydrogen (secondary N) is 2. The first-order chi connectivity index (χ1) is 15.3. The van der Waals surface area contributed by atoms with Crippen LogP contribution in [0.15, 0.2) is 54.9 Å². The fraction of sp³-hybridized carbons (Fsp3) is 0. The van der Waals surface area contributed by atoms with Crippen molar-refractivity contribution in [1.29, 1.82) is 0 Å². The minimum atomic E-state index is -1.66. The van der Waals surface area contributed by atoms with Crippen molar-refractivity contribution in [1.82, 2.24) is 9.97 Å². The summed E-state index contributed by atoms with van der Waals surface area (Å²) in [7, 11) is 0. The molecule has 0 radical (unpaired) electrons. The number of hydrogen-bond acceptors (Lipinski definition) is 4. The summed E-state index contributed by atoms with van der Waals surface area (Å²) in [5, 5.41) is 3.98. The lowest BCUT2D eigenvalue weighted by Crippen LogP contribution is -2.20. The maximum Gasteiger partial charge on any atom is 0.323 e. The van der Waals surface area contributed by atoms with Crippen LogP contribution in [0.4, 0.5) is 33.7 Å². The van der Waals surface area contributed by atoms with Crippen LogP contribution in [0.5, 0.6) is 11.5 Å². The second-order valence-electron chi connectivity index (χ2n) is 6.38. The summed E-state index contributed by atoms with van der Waals surface area (Å²) in [5.41, 5.74) is 0.131. The molecule has 0 aliphatic heterocycles. The molecule has 2 N–H and O–H groups in total. The summed E-state index contributed by atoms with van der Waals surface area (Å²) in [4.78, 5) is 20.1. The minimum Gasteiger partial charge on any atom is -0.451 e. The second-order valence-corrected chi connectivity index (χ2v) is 6.79. The molecule has 0 spiro atoms. The number of nitrogens with zero attached hydrogens (tertiary/aromatic N) is 2. The first kappa shape index (κ1) is 21.3. The zero-order valence-corrected chi connectivity index (χ0v) is 16.6. The van der Waals surface area contributed by atoms with E-state index in [9.17, 15) is 22.4 Å². The SMILES string of the molecule is O=C(Nc1ccc(Cl)c(F)c1)Nc1cc(F)c(Oc2ccc3nccnc3c2)c(F)c1F. The number of aromatic nitrogens is 2. The van der Waals surface area contributed by atoms with Crippen molar-refractivity contribution in [2.75, 3.05) is 10.6 Å². The van der Waals surface area contributed by atoms with Gasteiger partial charge in [-0.25, -0.2) is 18.0 Å². The molecule has 0 bridgehead atoms. The summed E-state index contributed by atoms with van der Waals surface area (Å²) in [6, 6.07) is 7.17. The van der Waals surface area contributed by atoms with Crippen LogP contribution in [-0.4, -0.2) is 16.0 Å². The fourth-order valence-electron chi connectivity index (χ4n) is 2.75.